The molecule has 0 radical (unpaired) electrons. The Kier molecular flexibility index (Phi) is 6.99. The monoisotopic (exact) mass is 405 g/mol. The fourth-order valence-electron chi connectivity index (χ4n) is 3.23. The summed E-state index contributed by atoms with van der Waals surface area (Å²) in [4.78, 5) is 12.5. The molecule has 158 valence electrons. The molecule has 3 rings (SSSR count). The molecule has 1 N–H and O–H groups in total. The van der Waals surface area contributed by atoms with Gasteiger partial charge in [-0.2, -0.15) is 0 Å². The van der Waals surface area contributed by atoms with E-state index in [-0.39, 0.29) is 11.3 Å². The summed E-state index contributed by atoms with van der Waals surface area (Å²) in [7, 11) is 0. The number of hydrogen-bond acceptors (Lipinski definition) is 3. The molecule has 0 aromatic heterocycles. The SMILES string of the molecule is CC[C@@H](Oc1ccc(C(C)(C)C)cc1)C(=O)NCCOc1ccc2ccccc2c1. The van der Waals surface area contributed by atoms with Crippen LogP contribution in [0.25, 0.3) is 10.8 Å². The van der Waals surface area contributed by atoms with Gasteiger partial charge in [-0.1, -0.05) is 70.2 Å². The van der Waals surface area contributed by atoms with Crippen LogP contribution in [0, 0.1) is 0 Å². The molecule has 0 saturated heterocycles. The number of fused-ring (bicyclic) bond motifs is 1. The molecule has 1 atom stereocenters. The third kappa shape index (κ3) is 5.76. The summed E-state index contributed by atoms with van der Waals surface area (Å²) in [6, 6.07) is 22.1. The Bertz CT molecular complexity index is 973. The standard InChI is InChI=1S/C26H31NO3/c1-5-24(30-22-14-11-21(12-15-22)26(2,3)4)25(28)27-16-17-29-23-13-10-19-8-6-7-9-20(19)18-23/h6-15,18,24H,5,16-17H2,1-4H3,(H,27,28)/t24-/m1/s1. The molecule has 3 aromatic rings. The predicted octanol–water partition coefficient (Wildman–Crippen LogP) is 5.49. The molecule has 0 aliphatic heterocycles. The lowest BCUT2D eigenvalue weighted by molar-refractivity contribution is -0.128. The number of amides is 1. The molecular formula is C26H31NO3. The average molecular weight is 406 g/mol. The maximum Gasteiger partial charge on any atom is 0.261 e. The maximum atomic E-state index is 12.5. The van der Waals surface area contributed by atoms with Crippen LogP contribution < -0.4 is 14.8 Å². The second kappa shape index (κ2) is 9.66. The normalized spacial score (nSPS) is 12.4. The van der Waals surface area contributed by atoms with Crippen LogP contribution in [-0.4, -0.2) is 25.2 Å². The van der Waals surface area contributed by atoms with Crippen LogP contribution in [0.4, 0.5) is 0 Å². The molecule has 0 heterocycles. The highest BCUT2D eigenvalue weighted by Gasteiger charge is 2.19. The van der Waals surface area contributed by atoms with Crippen molar-refractivity contribution in [3.05, 3.63) is 72.3 Å². The fraction of sp³-hybridized carbons (Fsp3) is 0.346. The van der Waals surface area contributed by atoms with E-state index in [0.717, 1.165) is 11.1 Å². The molecule has 0 fully saturated rings. The van der Waals surface area contributed by atoms with E-state index >= 15 is 0 Å². The molecule has 3 aromatic carbocycles. The molecule has 0 aliphatic rings. The van der Waals surface area contributed by atoms with Crippen molar-refractivity contribution >= 4 is 16.7 Å². The van der Waals surface area contributed by atoms with Gasteiger partial charge in [0.05, 0.1) is 6.54 Å². The van der Waals surface area contributed by atoms with Crippen molar-refractivity contribution in [2.24, 2.45) is 0 Å². The van der Waals surface area contributed by atoms with Crippen molar-refractivity contribution < 1.29 is 14.3 Å². The van der Waals surface area contributed by atoms with Crippen LogP contribution in [-0.2, 0) is 10.2 Å². The summed E-state index contributed by atoms with van der Waals surface area (Å²) in [6.45, 7) is 9.29. The van der Waals surface area contributed by atoms with Gasteiger partial charge in [-0.25, -0.2) is 0 Å². The Hall–Kier alpha value is -3.01. The van der Waals surface area contributed by atoms with Gasteiger partial charge in [0, 0.05) is 0 Å². The Morgan fingerprint density at radius 2 is 1.60 bits per heavy atom. The van der Waals surface area contributed by atoms with Crippen LogP contribution >= 0.6 is 0 Å². The Balaban J connectivity index is 1.47. The van der Waals surface area contributed by atoms with Crippen molar-refractivity contribution in [2.45, 2.75) is 45.6 Å². The summed E-state index contributed by atoms with van der Waals surface area (Å²) in [5, 5.41) is 5.22. The summed E-state index contributed by atoms with van der Waals surface area (Å²) in [5.74, 6) is 1.38. The van der Waals surface area contributed by atoms with Gasteiger partial charge in [-0.15, -0.1) is 0 Å². The zero-order valence-corrected chi connectivity index (χ0v) is 18.3. The van der Waals surface area contributed by atoms with Gasteiger partial charge in [-0.3, -0.25) is 4.79 Å². The van der Waals surface area contributed by atoms with E-state index in [1.54, 1.807) is 0 Å². The summed E-state index contributed by atoms with van der Waals surface area (Å²) >= 11 is 0. The Morgan fingerprint density at radius 3 is 2.27 bits per heavy atom. The highest BCUT2D eigenvalue weighted by molar-refractivity contribution is 5.83. The van der Waals surface area contributed by atoms with E-state index in [9.17, 15) is 4.79 Å². The second-order valence-corrected chi connectivity index (χ2v) is 8.44. The number of ether oxygens (including phenoxy) is 2. The van der Waals surface area contributed by atoms with E-state index < -0.39 is 6.10 Å². The summed E-state index contributed by atoms with van der Waals surface area (Å²) in [6.07, 6.45) is 0.0735. The van der Waals surface area contributed by atoms with E-state index in [4.69, 9.17) is 9.47 Å². The number of benzene rings is 3. The molecule has 0 aliphatic carbocycles. The molecule has 0 bridgehead atoms. The van der Waals surface area contributed by atoms with Crippen molar-refractivity contribution in [1.29, 1.82) is 0 Å². The Labute approximate surface area is 179 Å². The van der Waals surface area contributed by atoms with Crippen molar-refractivity contribution in [1.82, 2.24) is 5.32 Å². The number of carbonyl (C=O) groups is 1. The number of nitrogens with one attached hydrogen (secondary N) is 1. The lowest BCUT2D eigenvalue weighted by atomic mass is 9.87. The number of hydrogen-bond donors (Lipinski definition) is 1. The quantitative estimate of drug-likeness (QED) is 0.504. The third-order valence-electron chi connectivity index (χ3n) is 5.05. The molecule has 4 nitrogen and oxygen atoms in total. The van der Waals surface area contributed by atoms with Gasteiger partial charge in [-0.05, 0) is 52.4 Å². The van der Waals surface area contributed by atoms with Crippen LogP contribution in [0.2, 0.25) is 0 Å². The van der Waals surface area contributed by atoms with Crippen LogP contribution in [0.5, 0.6) is 11.5 Å². The largest absolute Gasteiger partial charge is 0.492 e. The van der Waals surface area contributed by atoms with Crippen molar-refractivity contribution in [3.8, 4) is 11.5 Å². The molecule has 4 heteroatoms. The van der Waals surface area contributed by atoms with Gasteiger partial charge in [0.25, 0.3) is 5.91 Å². The minimum atomic E-state index is -0.522. The zero-order valence-electron chi connectivity index (χ0n) is 18.3. The Morgan fingerprint density at radius 1 is 0.933 bits per heavy atom. The number of carbonyl (C=O) groups excluding carboxylic acids is 1. The first-order valence-electron chi connectivity index (χ1n) is 10.5. The highest BCUT2D eigenvalue weighted by Crippen LogP contribution is 2.25. The van der Waals surface area contributed by atoms with Gasteiger partial charge >= 0.3 is 0 Å². The zero-order chi connectivity index (χ0) is 21.6. The highest BCUT2D eigenvalue weighted by atomic mass is 16.5. The predicted molar refractivity (Wildman–Crippen MR) is 122 cm³/mol. The van der Waals surface area contributed by atoms with Crippen LogP contribution in [0.15, 0.2) is 66.7 Å². The first kappa shape index (κ1) is 21.7. The molecule has 30 heavy (non-hydrogen) atoms. The van der Waals surface area contributed by atoms with Gasteiger partial charge < -0.3 is 14.8 Å². The van der Waals surface area contributed by atoms with Crippen LogP contribution in [0.1, 0.15) is 39.7 Å². The lowest BCUT2D eigenvalue weighted by Crippen LogP contribution is -2.39. The topological polar surface area (TPSA) is 47.6 Å². The summed E-state index contributed by atoms with van der Waals surface area (Å²) in [5.41, 5.74) is 1.32. The fourth-order valence-corrected chi connectivity index (χ4v) is 3.23. The van der Waals surface area contributed by atoms with Crippen molar-refractivity contribution in [2.75, 3.05) is 13.2 Å². The van der Waals surface area contributed by atoms with Gasteiger partial charge in [0.15, 0.2) is 6.10 Å². The third-order valence-corrected chi connectivity index (χ3v) is 5.05. The van der Waals surface area contributed by atoms with E-state index in [1.165, 1.54) is 10.9 Å². The molecule has 1 amide bonds. The molecular weight excluding hydrogens is 374 g/mol. The maximum absolute atomic E-state index is 12.5. The van der Waals surface area contributed by atoms with Crippen LogP contribution in [0.3, 0.4) is 0 Å². The molecule has 0 saturated carbocycles. The average Bonchev–Trinajstić information content (AvgIpc) is 2.74. The lowest BCUT2D eigenvalue weighted by Gasteiger charge is -2.21. The van der Waals surface area contributed by atoms with E-state index in [2.05, 4.69) is 50.4 Å². The minimum Gasteiger partial charge on any atom is -0.492 e. The van der Waals surface area contributed by atoms with Gasteiger partial charge in [0.2, 0.25) is 0 Å². The van der Waals surface area contributed by atoms with E-state index in [0.29, 0.717) is 25.3 Å². The first-order chi connectivity index (χ1) is 14.4. The van der Waals surface area contributed by atoms with Crippen molar-refractivity contribution in [3.63, 3.8) is 0 Å². The summed E-state index contributed by atoms with van der Waals surface area (Å²) < 4.78 is 11.7. The smallest absolute Gasteiger partial charge is 0.261 e. The first-order valence-corrected chi connectivity index (χ1v) is 10.5. The molecule has 0 spiro atoms. The molecule has 0 unspecified atom stereocenters. The number of rotatable bonds is 8. The minimum absolute atomic E-state index is 0.0884. The second-order valence-electron chi connectivity index (χ2n) is 8.44. The van der Waals surface area contributed by atoms with E-state index in [1.807, 2.05) is 49.4 Å². The van der Waals surface area contributed by atoms with Gasteiger partial charge in [0.1, 0.15) is 18.1 Å².